The number of hydrogen-bond acceptors (Lipinski definition) is 2. The summed E-state index contributed by atoms with van der Waals surface area (Å²) >= 11 is 0. The molecule has 9 radical (unpaired) electrons. The van der Waals surface area contributed by atoms with Crippen LogP contribution < -0.4 is 0 Å². The topological polar surface area (TPSA) is 18.5 Å². The van der Waals surface area contributed by atoms with Crippen molar-refractivity contribution < 1.29 is 50.3 Å². The summed E-state index contributed by atoms with van der Waals surface area (Å²) in [6, 6.07) is 0. The van der Waals surface area contributed by atoms with E-state index >= 15 is 0 Å². The predicted molar refractivity (Wildman–Crippen MR) is 66.7 cm³/mol. The maximum Gasteiger partial charge on any atom is 0.0701 e. The molecule has 1 saturated heterocycles. The summed E-state index contributed by atoms with van der Waals surface area (Å²) in [6.07, 6.45) is 4.50. The third kappa shape index (κ3) is 58.8. The van der Waals surface area contributed by atoms with Crippen LogP contribution in [0.4, 0.5) is 0 Å². The maximum atomic E-state index is 4.94. The van der Waals surface area contributed by atoms with Crippen LogP contribution in [0.15, 0.2) is 0 Å². The molecule has 0 aromatic heterocycles. The van der Waals surface area contributed by atoms with Crippen molar-refractivity contribution in [2.24, 2.45) is 0 Å². The van der Waals surface area contributed by atoms with Gasteiger partial charge in [-0.15, -0.1) is 0 Å². The van der Waals surface area contributed by atoms with Gasteiger partial charge in [-0.2, -0.15) is 0 Å². The van der Waals surface area contributed by atoms with Crippen LogP contribution in [0.25, 0.3) is 0 Å². The summed E-state index contributed by atoms with van der Waals surface area (Å²) in [7, 11) is 0. The van der Waals surface area contributed by atoms with Crippen molar-refractivity contribution in [1.82, 2.24) is 0 Å². The van der Waals surface area contributed by atoms with Crippen LogP contribution in [0.2, 0.25) is 0 Å². The first kappa shape index (κ1) is 26.0. The molecule has 0 unspecified atom stereocenters. The van der Waals surface area contributed by atoms with E-state index in [0.29, 0.717) is 0 Å². The molecule has 0 aromatic carbocycles. The van der Waals surface area contributed by atoms with Gasteiger partial charge in [0, 0.05) is 40.8 Å². The summed E-state index contributed by atoms with van der Waals surface area (Å²) in [5.41, 5.74) is 0. The van der Waals surface area contributed by atoms with Gasteiger partial charge in [0.05, 0.1) is 26.4 Å². The predicted octanol–water partition coefficient (Wildman–Crippen LogP) is 2.61. The zero-order valence-electron chi connectivity index (χ0n) is 10.1. The Hall–Kier alpha value is 1.27. The molecule has 1 heterocycles. The molecule has 0 saturated carbocycles. The van der Waals surface area contributed by atoms with Gasteiger partial charge in [0.1, 0.15) is 0 Å². The second-order valence-electron chi connectivity index (χ2n) is 2.09. The van der Waals surface area contributed by atoms with E-state index in [1.54, 1.807) is 0 Å². The molecule has 91 valence electrons. The standard InChI is InChI=1S/C4H8O2.3C3H5.Nd/c1-2-6-4-3-5-1;3*1-3-2;/h1-4H2;3*3H,1-2H2;. The molecule has 16 heavy (non-hydrogen) atoms. The van der Waals surface area contributed by atoms with Gasteiger partial charge in [-0.25, -0.2) is 0 Å². The van der Waals surface area contributed by atoms with Crippen molar-refractivity contribution in [2.45, 2.75) is 0 Å². The molecule has 0 bridgehead atoms. The Morgan fingerprint density at radius 2 is 0.688 bits per heavy atom. The summed E-state index contributed by atoms with van der Waals surface area (Å²) in [4.78, 5) is 0. The smallest absolute Gasteiger partial charge is 0.0701 e. The average Bonchev–Trinajstić information content (AvgIpc) is 2.24. The normalized spacial score (nSPS) is 12.4. The molecule has 0 N–H and O–H groups in total. The van der Waals surface area contributed by atoms with Gasteiger partial charge in [0.25, 0.3) is 0 Å². The van der Waals surface area contributed by atoms with Gasteiger partial charge in [0.2, 0.25) is 0 Å². The van der Waals surface area contributed by atoms with E-state index in [-0.39, 0.29) is 40.8 Å². The fourth-order valence-electron chi connectivity index (χ4n) is 0.440. The molecule has 1 rings (SSSR count). The van der Waals surface area contributed by atoms with Crippen LogP contribution in [-0.4, -0.2) is 26.4 Å². The van der Waals surface area contributed by atoms with Crippen LogP contribution in [0.5, 0.6) is 0 Å². The quantitative estimate of drug-likeness (QED) is 0.665. The Bertz CT molecular complexity index is 50.7. The van der Waals surface area contributed by atoms with Gasteiger partial charge in [-0.1, -0.05) is 0 Å². The Kier molecular flexibility index (Phi) is 58.4. The Morgan fingerprint density at radius 3 is 0.750 bits per heavy atom. The number of ether oxygens (including phenoxy) is 2. The summed E-state index contributed by atoms with van der Waals surface area (Å²) < 4.78 is 9.89. The maximum absolute atomic E-state index is 4.94. The third-order valence-electron chi connectivity index (χ3n) is 0.744. The van der Waals surface area contributed by atoms with E-state index < -0.39 is 0 Å². The molecule has 0 amide bonds. The van der Waals surface area contributed by atoms with Crippen LogP contribution >= 0.6 is 0 Å². The van der Waals surface area contributed by atoms with Crippen LogP contribution in [0, 0.1) is 102 Å². The van der Waals surface area contributed by atoms with E-state index in [1.165, 1.54) is 19.3 Å². The molecule has 0 spiro atoms. The van der Waals surface area contributed by atoms with E-state index in [0.717, 1.165) is 26.4 Å². The van der Waals surface area contributed by atoms with Gasteiger partial charge >= 0.3 is 0 Å². The van der Waals surface area contributed by atoms with E-state index in [4.69, 9.17) is 9.47 Å². The SMILES string of the molecule is C1COCCO1.[CH2][CH][CH2].[CH2][CH][CH2].[CH2][CH][CH2].[Nd]. The minimum absolute atomic E-state index is 0. The third-order valence-corrected chi connectivity index (χ3v) is 0.744. The Labute approximate surface area is 136 Å². The van der Waals surface area contributed by atoms with Gasteiger partial charge in [-0.05, 0) is 60.8 Å². The summed E-state index contributed by atoms with van der Waals surface area (Å²) in [6.45, 7) is 22.6. The molecule has 3 heteroatoms. The van der Waals surface area contributed by atoms with Crippen molar-refractivity contribution in [1.29, 1.82) is 0 Å². The Morgan fingerprint density at radius 1 is 0.562 bits per heavy atom. The molecule has 1 aliphatic rings. The van der Waals surface area contributed by atoms with E-state index in [2.05, 4.69) is 41.5 Å². The van der Waals surface area contributed by atoms with Crippen molar-refractivity contribution in [3.8, 4) is 0 Å². The van der Waals surface area contributed by atoms with Crippen LogP contribution in [-0.2, 0) is 9.47 Å². The van der Waals surface area contributed by atoms with Gasteiger partial charge < -0.3 is 9.47 Å². The molecular weight excluding hydrogens is 332 g/mol. The zero-order chi connectivity index (χ0) is 12.4. The van der Waals surface area contributed by atoms with Gasteiger partial charge in [-0.3, -0.25) is 0 Å². The molecule has 1 fully saturated rings. The molecule has 1 aliphatic heterocycles. The first-order valence-electron chi connectivity index (χ1n) is 4.60. The Balaban J connectivity index is -0.0000000637. The number of rotatable bonds is 0. The number of hydrogen-bond donors (Lipinski definition) is 0. The monoisotopic (exact) mass is 353 g/mol. The molecule has 0 aliphatic carbocycles. The average molecular weight is 356 g/mol. The van der Waals surface area contributed by atoms with Crippen molar-refractivity contribution in [2.75, 3.05) is 26.4 Å². The first-order valence-corrected chi connectivity index (χ1v) is 4.60. The summed E-state index contributed by atoms with van der Waals surface area (Å²) in [5.74, 6) is 0. The second kappa shape index (κ2) is 36.0. The molecular formula is C13H23NdO2. The van der Waals surface area contributed by atoms with E-state index in [9.17, 15) is 0 Å². The minimum atomic E-state index is 0. The van der Waals surface area contributed by atoms with Gasteiger partial charge in [0.15, 0.2) is 0 Å². The fourth-order valence-corrected chi connectivity index (χ4v) is 0.440. The zero-order valence-corrected chi connectivity index (χ0v) is 13.3. The summed E-state index contributed by atoms with van der Waals surface area (Å²) in [5, 5.41) is 0. The van der Waals surface area contributed by atoms with Crippen LogP contribution in [0.1, 0.15) is 0 Å². The molecule has 2 nitrogen and oxygen atoms in total. The van der Waals surface area contributed by atoms with Crippen molar-refractivity contribution in [3.05, 3.63) is 60.8 Å². The second-order valence-corrected chi connectivity index (χ2v) is 2.09. The fraction of sp³-hybridized carbons (Fsp3) is 0.308. The van der Waals surface area contributed by atoms with Crippen molar-refractivity contribution >= 4 is 0 Å². The molecule has 0 aromatic rings. The first-order chi connectivity index (χ1) is 7.24. The van der Waals surface area contributed by atoms with Crippen molar-refractivity contribution in [3.63, 3.8) is 0 Å². The van der Waals surface area contributed by atoms with E-state index in [1.807, 2.05) is 0 Å². The van der Waals surface area contributed by atoms with Crippen LogP contribution in [0.3, 0.4) is 0 Å². The molecule has 0 atom stereocenters. The largest absolute Gasteiger partial charge is 0.377 e. The minimum Gasteiger partial charge on any atom is -0.377 e.